The summed E-state index contributed by atoms with van der Waals surface area (Å²) in [4.78, 5) is 0. The smallest absolute Gasteiger partial charge is 0.0556 e. The van der Waals surface area contributed by atoms with Gasteiger partial charge in [-0.2, -0.15) is 0 Å². The molecule has 0 bridgehead atoms. The highest BCUT2D eigenvalue weighted by Gasteiger charge is 2.44. The molecule has 0 atom stereocenters. The van der Waals surface area contributed by atoms with Crippen LogP contribution >= 0.6 is 0 Å². The molecule has 0 amide bonds. The summed E-state index contributed by atoms with van der Waals surface area (Å²) < 4.78 is 0. The van der Waals surface area contributed by atoms with Gasteiger partial charge in [-0.25, -0.2) is 0 Å². The highest BCUT2D eigenvalue weighted by Crippen LogP contribution is 2.48. The third-order valence-electron chi connectivity index (χ3n) is 3.62. The van der Waals surface area contributed by atoms with Crippen LogP contribution in [0.4, 0.5) is 0 Å². The van der Waals surface area contributed by atoms with Crippen molar-refractivity contribution in [1.29, 1.82) is 0 Å². The molecule has 0 aromatic carbocycles. The molecule has 0 rings (SSSR count). The van der Waals surface area contributed by atoms with E-state index in [1.54, 1.807) is 0 Å². The lowest BCUT2D eigenvalue weighted by Gasteiger charge is -2.47. The summed E-state index contributed by atoms with van der Waals surface area (Å²) in [7, 11) is -1.34. The molecular weight excluding hydrogens is 268 g/mol. The molecule has 128 valence electrons. The van der Waals surface area contributed by atoms with E-state index in [9.17, 15) is 0 Å². The molecule has 0 heterocycles. The standard InChI is InChI=1S/C20H44Si/c1-17(2,3)13-21(14-18(4,5)6,15-19(7,8)9)16-20(10,11)12/h13-16H2,1-12H3. The van der Waals surface area contributed by atoms with E-state index in [1.165, 1.54) is 24.2 Å². The predicted octanol–water partition coefficient (Wildman–Crippen LogP) is 7.62. The van der Waals surface area contributed by atoms with Crippen molar-refractivity contribution in [3.05, 3.63) is 0 Å². The van der Waals surface area contributed by atoms with E-state index in [2.05, 4.69) is 83.1 Å². The van der Waals surface area contributed by atoms with Crippen molar-refractivity contribution in [3.63, 3.8) is 0 Å². The Labute approximate surface area is 137 Å². The first-order chi connectivity index (χ1) is 8.83. The molecular formula is C20H44Si. The molecule has 1 heteroatoms. The first kappa shape index (κ1) is 21.2. The summed E-state index contributed by atoms with van der Waals surface area (Å²) in [5.74, 6) is 0. The second-order valence-electron chi connectivity index (χ2n) is 12.4. The van der Waals surface area contributed by atoms with Gasteiger partial charge in [0.2, 0.25) is 0 Å². The van der Waals surface area contributed by atoms with E-state index in [0.29, 0.717) is 21.7 Å². The molecule has 0 saturated heterocycles. The van der Waals surface area contributed by atoms with Crippen LogP contribution in [0.5, 0.6) is 0 Å². The van der Waals surface area contributed by atoms with E-state index in [4.69, 9.17) is 0 Å². The van der Waals surface area contributed by atoms with E-state index in [1.807, 2.05) is 0 Å². The second kappa shape index (κ2) is 6.38. The Morgan fingerprint density at radius 2 is 0.524 bits per heavy atom. The third-order valence-corrected chi connectivity index (χ3v) is 10.9. The lowest BCUT2D eigenvalue weighted by Crippen LogP contribution is -2.46. The van der Waals surface area contributed by atoms with Gasteiger partial charge in [-0.3, -0.25) is 0 Å². The molecule has 0 nitrogen and oxygen atoms in total. The van der Waals surface area contributed by atoms with E-state index < -0.39 is 8.07 Å². The zero-order chi connectivity index (χ0) is 17.3. The Bertz CT molecular complexity index is 242. The molecule has 0 aliphatic heterocycles. The van der Waals surface area contributed by atoms with Crippen LogP contribution in [-0.2, 0) is 0 Å². The largest absolute Gasteiger partial charge is 0.0604 e. The van der Waals surface area contributed by atoms with Crippen LogP contribution in [0.15, 0.2) is 0 Å². The van der Waals surface area contributed by atoms with Gasteiger partial charge >= 0.3 is 0 Å². The Kier molecular flexibility index (Phi) is 6.44. The van der Waals surface area contributed by atoms with Gasteiger partial charge in [-0.05, 0) is 21.7 Å². The van der Waals surface area contributed by atoms with Crippen molar-refractivity contribution in [2.45, 2.75) is 107 Å². The van der Waals surface area contributed by atoms with Gasteiger partial charge in [0.15, 0.2) is 0 Å². The Balaban J connectivity index is 5.70. The zero-order valence-corrected chi connectivity index (χ0v) is 18.3. The molecule has 0 aliphatic rings. The van der Waals surface area contributed by atoms with Gasteiger partial charge in [0.1, 0.15) is 0 Å². The van der Waals surface area contributed by atoms with Crippen LogP contribution in [0.3, 0.4) is 0 Å². The molecule has 0 aliphatic carbocycles. The zero-order valence-electron chi connectivity index (χ0n) is 17.3. The summed E-state index contributed by atoms with van der Waals surface area (Å²) >= 11 is 0. The van der Waals surface area contributed by atoms with Crippen LogP contribution in [0.25, 0.3) is 0 Å². The highest BCUT2D eigenvalue weighted by atomic mass is 28.3. The second-order valence-corrected chi connectivity index (χ2v) is 16.9. The van der Waals surface area contributed by atoms with Crippen LogP contribution in [-0.4, -0.2) is 8.07 Å². The van der Waals surface area contributed by atoms with Crippen molar-refractivity contribution in [2.75, 3.05) is 0 Å². The van der Waals surface area contributed by atoms with Crippen molar-refractivity contribution in [3.8, 4) is 0 Å². The van der Waals surface area contributed by atoms with Crippen molar-refractivity contribution >= 4 is 8.07 Å². The third kappa shape index (κ3) is 11.4. The molecule has 0 saturated carbocycles. The van der Waals surface area contributed by atoms with Crippen LogP contribution < -0.4 is 0 Å². The SMILES string of the molecule is CC(C)(C)C[Si](CC(C)(C)C)(CC(C)(C)C)CC(C)(C)C. The minimum Gasteiger partial charge on any atom is -0.0604 e. The molecule has 0 unspecified atom stereocenters. The number of rotatable bonds is 4. The quantitative estimate of drug-likeness (QED) is 0.468. The minimum absolute atomic E-state index is 0.452. The fraction of sp³-hybridized carbons (Fsp3) is 1.00. The average Bonchev–Trinajstić information content (AvgIpc) is 1.83. The van der Waals surface area contributed by atoms with Gasteiger partial charge in [0, 0.05) is 0 Å². The fourth-order valence-corrected chi connectivity index (χ4v) is 14.6. The van der Waals surface area contributed by atoms with E-state index in [-0.39, 0.29) is 0 Å². The van der Waals surface area contributed by atoms with Crippen LogP contribution in [0.1, 0.15) is 83.1 Å². The number of hydrogen-bond acceptors (Lipinski definition) is 0. The molecule has 0 N–H and O–H groups in total. The maximum absolute atomic E-state index is 2.45. The molecule has 0 radical (unpaired) electrons. The van der Waals surface area contributed by atoms with Crippen molar-refractivity contribution < 1.29 is 0 Å². The molecule has 0 aromatic rings. The maximum Gasteiger partial charge on any atom is 0.0556 e. The Morgan fingerprint density at radius 3 is 0.619 bits per heavy atom. The summed E-state index contributed by atoms with van der Waals surface area (Å²) in [5.41, 5.74) is 1.81. The van der Waals surface area contributed by atoms with E-state index in [0.717, 1.165) is 0 Å². The van der Waals surface area contributed by atoms with Gasteiger partial charge in [0.25, 0.3) is 0 Å². The molecule has 21 heavy (non-hydrogen) atoms. The van der Waals surface area contributed by atoms with Gasteiger partial charge < -0.3 is 0 Å². The lowest BCUT2D eigenvalue weighted by atomic mass is 9.98. The highest BCUT2D eigenvalue weighted by molar-refractivity contribution is 6.80. The summed E-state index contributed by atoms with van der Waals surface area (Å²) in [6.07, 6.45) is 0. The maximum atomic E-state index is 2.45. The fourth-order valence-electron chi connectivity index (χ4n) is 4.87. The Hall–Kier alpha value is 0.217. The molecule has 0 aromatic heterocycles. The predicted molar refractivity (Wildman–Crippen MR) is 103 cm³/mol. The van der Waals surface area contributed by atoms with Crippen LogP contribution in [0.2, 0.25) is 24.2 Å². The van der Waals surface area contributed by atoms with Gasteiger partial charge in [0.05, 0.1) is 8.07 Å². The monoisotopic (exact) mass is 312 g/mol. The number of hydrogen-bond donors (Lipinski definition) is 0. The molecule has 0 fully saturated rings. The topological polar surface area (TPSA) is 0 Å². The minimum atomic E-state index is -1.34. The van der Waals surface area contributed by atoms with Crippen molar-refractivity contribution in [2.24, 2.45) is 21.7 Å². The average molecular weight is 313 g/mol. The summed E-state index contributed by atoms with van der Waals surface area (Å²) in [6, 6.07) is 5.86. The van der Waals surface area contributed by atoms with Gasteiger partial charge in [-0.1, -0.05) is 107 Å². The summed E-state index contributed by atoms with van der Waals surface area (Å²) in [5, 5.41) is 0. The normalized spacial score (nSPS) is 15.4. The first-order valence-corrected chi connectivity index (χ1v) is 11.7. The lowest BCUT2D eigenvalue weighted by molar-refractivity contribution is 0.384. The van der Waals surface area contributed by atoms with Crippen LogP contribution in [0, 0.1) is 21.7 Å². The van der Waals surface area contributed by atoms with Gasteiger partial charge in [-0.15, -0.1) is 0 Å². The van der Waals surface area contributed by atoms with E-state index >= 15 is 0 Å². The first-order valence-electron chi connectivity index (χ1n) is 8.83. The molecule has 0 spiro atoms. The van der Waals surface area contributed by atoms with Crippen molar-refractivity contribution in [1.82, 2.24) is 0 Å². The Morgan fingerprint density at radius 1 is 0.381 bits per heavy atom. The summed E-state index contributed by atoms with van der Waals surface area (Å²) in [6.45, 7) is 29.4.